The number of imidazole rings is 1. The van der Waals surface area contributed by atoms with Crippen LogP contribution in [0.2, 0.25) is 0 Å². The van der Waals surface area contributed by atoms with Crippen LogP contribution in [0.3, 0.4) is 0 Å². The minimum Gasteiger partial charge on any atom is -0.409 e. The van der Waals surface area contributed by atoms with Gasteiger partial charge in [0, 0.05) is 12.1 Å². The first-order valence-corrected chi connectivity index (χ1v) is 9.65. The Morgan fingerprint density at radius 3 is 2.75 bits per heavy atom. The lowest BCUT2D eigenvalue weighted by Gasteiger charge is -2.23. The second kappa shape index (κ2) is 7.88. The molecular weight excluding hydrogens is 357 g/mol. The van der Waals surface area contributed by atoms with Crippen LogP contribution in [0, 0.1) is 11.7 Å². The maximum atomic E-state index is 14.6. The number of benzene rings is 2. The fraction of sp³-hybridized carbons (Fsp3) is 0.333. The van der Waals surface area contributed by atoms with E-state index in [0.717, 1.165) is 17.6 Å². The van der Waals surface area contributed by atoms with Gasteiger partial charge in [-0.05, 0) is 49.1 Å². The highest BCUT2D eigenvalue weighted by molar-refractivity contribution is 5.97. The highest BCUT2D eigenvalue weighted by Crippen LogP contribution is 2.30. The van der Waals surface area contributed by atoms with Crippen molar-refractivity contribution < 1.29 is 9.60 Å². The minimum absolute atomic E-state index is 0.130. The molecule has 4 N–H and O–H groups in total. The van der Waals surface area contributed by atoms with E-state index in [9.17, 15) is 4.39 Å². The number of nitrogens with zero attached hydrogens (tertiary/aromatic N) is 3. The van der Waals surface area contributed by atoms with Crippen LogP contribution >= 0.6 is 0 Å². The largest absolute Gasteiger partial charge is 0.409 e. The molecule has 1 fully saturated rings. The van der Waals surface area contributed by atoms with Gasteiger partial charge in [-0.3, -0.25) is 0 Å². The molecule has 0 unspecified atom stereocenters. The number of rotatable bonds is 5. The molecule has 7 heteroatoms. The van der Waals surface area contributed by atoms with Crippen molar-refractivity contribution in [2.24, 2.45) is 16.8 Å². The number of para-hydroxylation sites is 2. The van der Waals surface area contributed by atoms with Gasteiger partial charge in [-0.1, -0.05) is 36.6 Å². The topological polar surface area (TPSA) is 88.5 Å². The lowest BCUT2D eigenvalue weighted by molar-refractivity contribution is 0.318. The summed E-state index contributed by atoms with van der Waals surface area (Å²) in [6.45, 7) is 0.868. The Hall–Kier alpha value is -3.09. The number of hydrogen-bond acceptors (Lipinski definition) is 4. The zero-order chi connectivity index (χ0) is 19.5. The molecule has 1 aliphatic carbocycles. The summed E-state index contributed by atoms with van der Waals surface area (Å²) in [6, 6.07) is 12.4. The van der Waals surface area contributed by atoms with Crippen LogP contribution in [0.4, 0.5) is 16.0 Å². The summed E-state index contributed by atoms with van der Waals surface area (Å²) in [5, 5.41) is 14.8. The average Bonchev–Trinajstić information content (AvgIpc) is 3.07. The van der Waals surface area contributed by atoms with Crippen LogP contribution in [0.25, 0.3) is 11.0 Å². The third-order valence-electron chi connectivity index (χ3n) is 5.44. The third kappa shape index (κ3) is 3.65. The molecule has 0 saturated heterocycles. The molecule has 1 saturated carbocycles. The number of halogens is 1. The Labute approximate surface area is 162 Å². The second-order valence-electron chi connectivity index (χ2n) is 7.34. The van der Waals surface area contributed by atoms with Gasteiger partial charge in [-0.25, -0.2) is 9.37 Å². The summed E-state index contributed by atoms with van der Waals surface area (Å²) < 4.78 is 16.7. The molecule has 1 aromatic heterocycles. The molecule has 1 heterocycles. The number of nitrogens with two attached hydrogens (primary N) is 1. The number of hydrogen-bond donors (Lipinski definition) is 3. The standard InChI is InChI=1S/C21H24FN5O/c22-16-12-15(20(23)26-28)10-11-17(16)24-21-25-18-8-4-5-9-19(18)27(21)13-14-6-2-1-3-7-14/h4-5,8-12,14,28H,1-3,6-7,13H2,(H2,23,26)(H,24,25). The fourth-order valence-corrected chi connectivity index (χ4v) is 3.94. The lowest BCUT2D eigenvalue weighted by Crippen LogP contribution is -2.16. The normalized spacial score (nSPS) is 15.8. The summed E-state index contributed by atoms with van der Waals surface area (Å²) >= 11 is 0. The van der Waals surface area contributed by atoms with Gasteiger partial charge in [0.25, 0.3) is 0 Å². The summed E-state index contributed by atoms with van der Waals surface area (Å²) in [6.07, 6.45) is 6.28. The first kappa shape index (κ1) is 18.3. The van der Waals surface area contributed by atoms with E-state index in [1.165, 1.54) is 38.2 Å². The van der Waals surface area contributed by atoms with Crippen LogP contribution in [0.15, 0.2) is 47.6 Å². The smallest absolute Gasteiger partial charge is 0.208 e. The number of amidine groups is 1. The van der Waals surface area contributed by atoms with E-state index in [1.54, 1.807) is 12.1 Å². The van der Waals surface area contributed by atoms with E-state index in [0.29, 0.717) is 23.1 Å². The number of aromatic nitrogens is 2. The van der Waals surface area contributed by atoms with Gasteiger partial charge in [0.15, 0.2) is 5.84 Å². The Bertz CT molecular complexity index is 1010. The molecule has 146 valence electrons. The molecule has 0 bridgehead atoms. The van der Waals surface area contributed by atoms with Crippen LogP contribution in [-0.2, 0) is 6.54 Å². The Morgan fingerprint density at radius 2 is 2.00 bits per heavy atom. The summed E-state index contributed by atoms with van der Waals surface area (Å²) in [5.74, 6) is 0.622. The van der Waals surface area contributed by atoms with Crippen LogP contribution < -0.4 is 11.1 Å². The van der Waals surface area contributed by atoms with E-state index in [4.69, 9.17) is 10.9 Å². The van der Waals surface area contributed by atoms with Crippen molar-refractivity contribution in [3.63, 3.8) is 0 Å². The molecule has 3 aromatic rings. The second-order valence-corrected chi connectivity index (χ2v) is 7.34. The quantitative estimate of drug-likeness (QED) is 0.261. The molecule has 1 aliphatic rings. The summed E-state index contributed by atoms with van der Waals surface area (Å²) in [5.41, 5.74) is 8.09. The van der Waals surface area contributed by atoms with Gasteiger partial charge in [-0.2, -0.15) is 0 Å². The molecule has 4 rings (SSSR count). The van der Waals surface area contributed by atoms with Crippen molar-refractivity contribution in [2.75, 3.05) is 5.32 Å². The number of fused-ring (bicyclic) bond motifs is 1. The van der Waals surface area contributed by atoms with Crippen LogP contribution in [0.5, 0.6) is 0 Å². The zero-order valence-corrected chi connectivity index (χ0v) is 15.6. The predicted octanol–water partition coefficient (Wildman–Crippen LogP) is 4.59. The molecule has 0 aliphatic heterocycles. The monoisotopic (exact) mass is 381 g/mol. The van der Waals surface area contributed by atoms with Gasteiger partial charge in [0.05, 0.1) is 16.7 Å². The average molecular weight is 381 g/mol. The van der Waals surface area contributed by atoms with Crippen molar-refractivity contribution >= 4 is 28.5 Å². The molecule has 2 aromatic carbocycles. The third-order valence-corrected chi connectivity index (χ3v) is 5.44. The van der Waals surface area contributed by atoms with Crippen molar-refractivity contribution in [1.82, 2.24) is 9.55 Å². The van der Waals surface area contributed by atoms with Crippen LogP contribution in [-0.4, -0.2) is 20.6 Å². The Kier molecular flexibility index (Phi) is 5.14. The highest BCUT2D eigenvalue weighted by atomic mass is 19.1. The van der Waals surface area contributed by atoms with E-state index in [1.807, 2.05) is 24.3 Å². The number of anilines is 2. The molecule has 0 amide bonds. The first-order chi connectivity index (χ1) is 13.7. The molecule has 28 heavy (non-hydrogen) atoms. The SMILES string of the molecule is NC(=NO)c1ccc(Nc2nc3ccccc3n2CC2CCCCC2)c(F)c1. The van der Waals surface area contributed by atoms with E-state index in [-0.39, 0.29) is 5.84 Å². The van der Waals surface area contributed by atoms with Gasteiger partial charge >= 0.3 is 0 Å². The van der Waals surface area contributed by atoms with E-state index < -0.39 is 5.82 Å². The van der Waals surface area contributed by atoms with Gasteiger partial charge in [-0.15, -0.1) is 0 Å². The van der Waals surface area contributed by atoms with Gasteiger partial charge < -0.3 is 20.8 Å². The molecular formula is C21H24FN5O. The zero-order valence-electron chi connectivity index (χ0n) is 15.6. The Morgan fingerprint density at radius 1 is 1.21 bits per heavy atom. The van der Waals surface area contributed by atoms with Crippen molar-refractivity contribution in [1.29, 1.82) is 0 Å². The van der Waals surface area contributed by atoms with E-state index >= 15 is 0 Å². The summed E-state index contributed by atoms with van der Waals surface area (Å²) in [7, 11) is 0. The molecule has 0 spiro atoms. The Balaban J connectivity index is 1.67. The first-order valence-electron chi connectivity index (χ1n) is 9.65. The summed E-state index contributed by atoms with van der Waals surface area (Å²) in [4.78, 5) is 4.69. The van der Waals surface area contributed by atoms with Crippen LogP contribution in [0.1, 0.15) is 37.7 Å². The van der Waals surface area contributed by atoms with Gasteiger partial charge in [0.1, 0.15) is 5.82 Å². The lowest BCUT2D eigenvalue weighted by atomic mass is 9.89. The van der Waals surface area contributed by atoms with Crippen molar-refractivity contribution in [2.45, 2.75) is 38.6 Å². The predicted molar refractivity (Wildman–Crippen MR) is 109 cm³/mol. The number of nitrogens with one attached hydrogen (secondary N) is 1. The van der Waals surface area contributed by atoms with E-state index in [2.05, 4.69) is 20.0 Å². The number of oxime groups is 1. The fourth-order valence-electron chi connectivity index (χ4n) is 3.94. The van der Waals surface area contributed by atoms with Crippen molar-refractivity contribution in [3.8, 4) is 0 Å². The molecule has 0 atom stereocenters. The highest BCUT2D eigenvalue weighted by Gasteiger charge is 2.19. The maximum absolute atomic E-state index is 14.6. The van der Waals surface area contributed by atoms with Crippen molar-refractivity contribution in [3.05, 3.63) is 53.8 Å². The molecule has 0 radical (unpaired) electrons. The maximum Gasteiger partial charge on any atom is 0.208 e. The van der Waals surface area contributed by atoms with Gasteiger partial charge in [0.2, 0.25) is 5.95 Å². The molecule has 6 nitrogen and oxygen atoms in total. The minimum atomic E-state index is -0.486.